The van der Waals surface area contributed by atoms with E-state index in [4.69, 9.17) is 12.2 Å². The first-order valence-corrected chi connectivity index (χ1v) is 5.83. The summed E-state index contributed by atoms with van der Waals surface area (Å²) in [5.41, 5.74) is 0.788. The van der Waals surface area contributed by atoms with Gasteiger partial charge in [-0.05, 0) is 24.4 Å². The molecule has 1 heterocycles. The van der Waals surface area contributed by atoms with E-state index in [1.54, 1.807) is 24.3 Å². The number of nitrogens with one attached hydrogen (secondary N) is 1. The fourth-order valence-electron chi connectivity index (χ4n) is 2.03. The largest absolute Gasteiger partial charge is 0.330 e. The van der Waals surface area contributed by atoms with Gasteiger partial charge in [-0.25, -0.2) is 13.2 Å². The first-order chi connectivity index (χ1) is 9.08. The van der Waals surface area contributed by atoms with Crippen molar-refractivity contribution in [3.63, 3.8) is 0 Å². The number of benzene rings is 2. The maximum atomic E-state index is 13.8. The van der Waals surface area contributed by atoms with Crippen LogP contribution >= 0.6 is 12.2 Å². The average Bonchev–Trinajstić information content (AvgIpc) is 2.65. The van der Waals surface area contributed by atoms with E-state index in [2.05, 4.69) is 4.98 Å². The average molecular weight is 280 g/mol. The molecular formula is C13H7F3N2S. The van der Waals surface area contributed by atoms with Gasteiger partial charge >= 0.3 is 0 Å². The predicted molar refractivity (Wildman–Crippen MR) is 68.3 cm³/mol. The molecule has 0 radical (unpaired) electrons. The van der Waals surface area contributed by atoms with Gasteiger partial charge in [0.25, 0.3) is 0 Å². The summed E-state index contributed by atoms with van der Waals surface area (Å²) in [5, 5.41) is 0. The minimum atomic E-state index is -1.00. The van der Waals surface area contributed by atoms with Crippen molar-refractivity contribution in [1.82, 2.24) is 9.55 Å². The summed E-state index contributed by atoms with van der Waals surface area (Å²) in [5.74, 6) is -2.97. The summed E-state index contributed by atoms with van der Waals surface area (Å²) in [7, 11) is 0. The standard InChI is InChI=1S/C13H7F3N2S/c14-7-5-8(15)12(9(16)6-7)18-11-4-2-1-3-10(11)17-13(18)19/h1-6H,(H,17,19). The molecule has 0 amide bonds. The summed E-state index contributed by atoms with van der Waals surface area (Å²) < 4.78 is 41.9. The Hall–Kier alpha value is -2.08. The van der Waals surface area contributed by atoms with Crippen molar-refractivity contribution in [2.45, 2.75) is 0 Å². The predicted octanol–water partition coefficient (Wildman–Crippen LogP) is 4.11. The Kier molecular flexibility index (Phi) is 2.67. The molecule has 19 heavy (non-hydrogen) atoms. The van der Waals surface area contributed by atoms with Crippen LogP contribution in [0.3, 0.4) is 0 Å². The molecule has 0 unspecified atom stereocenters. The molecule has 3 rings (SSSR count). The molecule has 0 aliphatic heterocycles. The maximum absolute atomic E-state index is 13.8. The lowest BCUT2D eigenvalue weighted by Gasteiger charge is -2.07. The number of rotatable bonds is 1. The van der Waals surface area contributed by atoms with E-state index in [1.165, 1.54) is 4.57 Å². The number of hydrogen-bond donors (Lipinski definition) is 1. The third-order valence-corrected chi connectivity index (χ3v) is 3.08. The minimum absolute atomic E-state index is 0.144. The Morgan fingerprint density at radius 2 is 1.63 bits per heavy atom. The summed E-state index contributed by atoms with van der Waals surface area (Å²) in [6, 6.07) is 8.16. The van der Waals surface area contributed by atoms with Crippen molar-refractivity contribution >= 4 is 23.3 Å². The van der Waals surface area contributed by atoms with Gasteiger partial charge in [0.1, 0.15) is 11.5 Å². The Labute approximate surface area is 111 Å². The molecule has 0 aliphatic rings. The summed E-state index contributed by atoms with van der Waals surface area (Å²) >= 11 is 5.07. The number of aromatic amines is 1. The van der Waals surface area contributed by atoms with Crippen LogP contribution in [-0.4, -0.2) is 9.55 Å². The van der Waals surface area contributed by atoms with Crippen LogP contribution in [0.4, 0.5) is 13.2 Å². The fourth-order valence-corrected chi connectivity index (χ4v) is 2.32. The first-order valence-electron chi connectivity index (χ1n) is 5.42. The van der Waals surface area contributed by atoms with Crippen LogP contribution in [0.1, 0.15) is 0 Å². The zero-order valence-corrected chi connectivity index (χ0v) is 10.3. The lowest BCUT2D eigenvalue weighted by molar-refractivity contribution is 0.535. The van der Waals surface area contributed by atoms with Gasteiger partial charge in [-0.1, -0.05) is 12.1 Å². The van der Waals surface area contributed by atoms with Crippen LogP contribution in [0.25, 0.3) is 16.7 Å². The Morgan fingerprint density at radius 1 is 1.00 bits per heavy atom. The second kappa shape index (κ2) is 4.24. The molecule has 0 atom stereocenters. The highest BCUT2D eigenvalue weighted by Gasteiger charge is 2.16. The molecule has 1 aromatic heterocycles. The van der Waals surface area contributed by atoms with Gasteiger partial charge in [0.2, 0.25) is 0 Å². The van der Waals surface area contributed by atoms with Crippen LogP contribution < -0.4 is 0 Å². The Bertz CT molecular complexity index is 812. The number of imidazole rings is 1. The smallest absolute Gasteiger partial charge is 0.182 e. The zero-order valence-electron chi connectivity index (χ0n) is 9.45. The van der Waals surface area contributed by atoms with Gasteiger partial charge in [-0.15, -0.1) is 0 Å². The number of hydrogen-bond acceptors (Lipinski definition) is 1. The van der Waals surface area contributed by atoms with E-state index in [9.17, 15) is 13.2 Å². The van der Waals surface area contributed by atoms with E-state index < -0.39 is 17.5 Å². The lowest BCUT2D eigenvalue weighted by Crippen LogP contribution is -2.02. The highest BCUT2D eigenvalue weighted by atomic mass is 32.1. The normalized spacial score (nSPS) is 11.1. The van der Waals surface area contributed by atoms with Crippen LogP contribution in [-0.2, 0) is 0 Å². The molecule has 3 aromatic rings. The van der Waals surface area contributed by atoms with Crippen LogP contribution in [0.2, 0.25) is 0 Å². The van der Waals surface area contributed by atoms with Crippen LogP contribution in [0.5, 0.6) is 0 Å². The Morgan fingerprint density at radius 3 is 2.32 bits per heavy atom. The SMILES string of the molecule is Fc1cc(F)c(-n2c(=S)[nH]c3ccccc32)c(F)c1. The van der Waals surface area contributed by atoms with Crippen LogP contribution in [0.15, 0.2) is 36.4 Å². The third kappa shape index (κ3) is 1.84. The van der Waals surface area contributed by atoms with Gasteiger partial charge in [-0.3, -0.25) is 4.57 Å². The number of aromatic nitrogens is 2. The molecule has 0 bridgehead atoms. The van der Waals surface area contributed by atoms with Crippen molar-refractivity contribution in [2.75, 3.05) is 0 Å². The lowest BCUT2D eigenvalue weighted by atomic mass is 10.2. The monoisotopic (exact) mass is 280 g/mol. The molecule has 6 heteroatoms. The Balaban J connectivity index is 2.43. The second-order valence-corrected chi connectivity index (χ2v) is 4.39. The van der Waals surface area contributed by atoms with E-state index in [-0.39, 0.29) is 10.5 Å². The second-order valence-electron chi connectivity index (χ2n) is 4.00. The van der Waals surface area contributed by atoms with E-state index in [1.807, 2.05) is 0 Å². The van der Waals surface area contributed by atoms with Gasteiger partial charge in [0.05, 0.1) is 11.0 Å². The van der Waals surface area contributed by atoms with Gasteiger partial charge in [0.15, 0.2) is 16.4 Å². The maximum Gasteiger partial charge on any atom is 0.182 e. The molecule has 96 valence electrons. The number of H-pyrrole nitrogens is 1. The molecule has 2 nitrogen and oxygen atoms in total. The summed E-state index contributed by atoms with van der Waals surface area (Å²) in [6.07, 6.45) is 0. The zero-order chi connectivity index (χ0) is 13.6. The third-order valence-electron chi connectivity index (χ3n) is 2.79. The molecule has 0 aliphatic carbocycles. The van der Waals surface area contributed by atoms with Gasteiger partial charge in [-0.2, -0.15) is 0 Å². The van der Waals surface area contributed by atoms with Crippen molar-refractivity contribution in [3.05, 3.63) is 58.6 Å². The van der Waals surface area contributed by atoms with Crippen molar-refractivity contribution in [3.8, 4) is 5.69 Å². The van der Waals surface area contributed by atoms with Crippen molar-refractivity contribution < 1.29 is 13.2 Å². The molecule has 1 N–H and O–H groups in total. The molecule has 2 aromatic carbocycles. The molecule has 0 saturated heterocycles. The molecule has 0 fully saturated rings. The fraction of sp³-hybridized carbons (Fsp3) is 0. The topological polar surface area (TPSA) is 20.7 Å². The molecule has 0 saturated carbocycles. The number of para-hydroxylation sites is 2. The number of fused-ring (bicyclic) bond motifs is 1. The first kappa shape index (κ1) is 12.0. The van der Waals surface area contributed by atoms with Gasteiger partial charge in [0, 0.05) is 12.1 Å². The minimum Gasteiger partial charge on any atom is -0.330 e. The highest BCUT2D eigenvalue weighted by Crippen LogP contribution is 2.24. The quantitative estimate of drug-likeness (QED) is 0.665. The van der Waals surface area contributed by atoms with E-state index >= 15 is 0 Å². The number of halogens is 3. The summed E-state index contributed by atoms with van der Waals surface area (Å²) in [6.45, 7) is 0. The van der Waals surface area contributed by atoms with Crippen LogP contribution in [0, 0.1) is 22.2 Å². The number of nitrogens with zero attached hydrogens (tertiary/aromatic N) is 1. The van der Waals surface area contributed by atoms with Gasteiger partial charge < -0.3 is 4.98 Å². The molecular weight excluding hydrogens is 273 g/mol. The van der Waals surface area contributed by atoms with Crippen molar-refractivity contribution in [2.24, 2.45) is 0 Å². The van der Waals surface area contributed by atoms with E-state index in [0.29, 0.717) is 23.2 Å². The summed E-state index contributed by atoms with van der Waals surface area (Å²) in [4.78, 5) is 2.85. The molecule has 0 spiro atoms. The highest BCUT2D eigenvalue weighted by molar-refractivity contribution is 7.71. The van der Waals surface area contributed by atoms with E-state index in [0.717, 1.165) is 0 Å². The van der Waals surface area contributed by atoms with Crippen molar-refractivity contribution in [1.29, 1.82) is 0 Å².